The molecule has 1 atom stereocenters. The van der Waals surface area contributed by atoms with Crippen molar-refractivity contribution >= 4 is 6.21 Å². The maximum absolute atomic E-state index is 4.89. The zero-order valence-electron chi connectivity index (χ0n) is 14.1. The number of nitrogens with zero attached hydrogens (tertiary/aromatic N) is 1. The van der Waals surface area contributed by atoms with E-state index in [2.05, 4.69) is 60.8 Å². The number of allylic oxidation sites excluding steroid dienone is 2. The van der Waals surface area contributed by atoms with Crippen molar-refractivity contribution in [3.05, 3.63) is 11.8 Å². The fourth-order valence-electron chi connectivity index (χ4n) is 3.10. The van der Waals surface area contributed by atoms with E-state index in [4.69, 9.17) is 4.99 Å². The van der Waals surface area contributed by atoms with Crippen LogP contribution in [0.3, 0.4) is 0 Å². The fraction of sp³-hybridized carbons (Fsp3) is 0.833. The molecule has 0 spiro atoms. The number of rotatable bonds is 6. The number of aliphatic imine (C=N–C) groups is 1. The first kappa shape index (κ1) is 16.5. The second-order valence-electron chi connectivity index (χ2n) is 7.00. The summed E-state index contributed by atoms with van der Waals surface area (Å²) in [6.07, 6.45) is 10.6. The SMILES string of the molecule is CCC(C)(CC)C1=CCC(C)(C(C)(CC)CC)C=N1. The lowest BCUT2D eigenvalue weighted by atomic mass is 9.60. The van der Waals surface area contributed by atoms with Crippen molar-refractivity contribution in [2.45, 2.75) is 80.6 Å². The molecule has 1 heteroatoms. The normalized spacial score (nSPS) is 24.5. The van der Waals surface area contributed by atoms with Crippen LogP contribution in [0.25, 0.3) is 0 Å². The molecule has 0 bridgehead atoms. The molecule has 1 aliphatic heterocycles. The van der Waals surface area contributed by atoms with Gasteiger partial charge in [0.25, 0.3) is 0 Å². The highest BCUT2D eigenvalue weighted by Crippen LogP contribution is 2.49. The second kappa shape index (κ2) is 5.81. The van der Waals surface area contributed by atoms with E-state index >= 15 is 0 Å². The standard InChI is InChI=1S/C18H33N/c1-8-16(5,9-2)15-12-13-18(7,14-19-15)17(6,10-3)11-4/h12,14H,8-11,13H2,1-7H3. The first-order valence-electron chi connectivity index (χ1n) is 8.06. The Bertz CT molecular complexity index is 356. The smallest absolute Gasteiger partial charge is 0.0419 e. The van der Waals surface area contributed by atoms with Crippen molar-refractivity contribution in [1.29, 1.82) is 0 Å². The van der Waals surface area contributed by atoms with Gasteiger partial charge in [-0.05, 0) is 37.5 Å². The molecule has 1 heterocycles. The lowest BCUT2D eigenvalue weighted by Crippen LogP contribution is -2.39. The van der Waals surface area contributed by atoms with E-state index in [0.717, 1.165) is 6.42 Å². The summed E-state index contributed by atoms with van der Waals surface area (Å²) in [5.41, 5.74) is 2.13. The molecule has 0 aliphatic carbocycles. The van der Waals surface area contributed by atoms with Gasteiger partial charge >= 0.3 is 0 Å². The average Bonchev–Trinajstić information content (AvgIpc) is 2.46. The van der Waals surface area contributed by atoms with Crippen molar-refractivity contribution in [3.8, 4) is 0 Å². The minimum atomic E-state index is 0.211. The highest BCUT2D eigenvalue weighted by atomic mass is 14.8. The molecule has 0 aromatic carbocycles. The zero-order valence-corrected chi connectivity index (χ0v) is 14.1. The summed E-state index contributed by atoms with van der Waals surface area (Å²) in [7, 11) is 0. The summed E-state index contributed by atoms with van der Waals surface area (Å²) < 4.78 is 0. The summed E-state index contributed by atoms with van der Waals surface area (Å²) in [5, 5.41) is 0. The van der Waals surface area contributed by atoms with E-state index < -0.39 is 0 Å². The van der Waals surface area contributed by atoms with Crippen LogP contribution in [0.5, 0.6) is 0 Å². The molecular weight excluding hydrogens is 230 g/mol. The lowest BCUT2D eigenvalue weighted by Gasteiger charge is -2.45. The van der Waals surface area contributed by atoms with Crippen LogP contribution in [0.15, 0.2) is 16.8 Å². The van der Waals surface area contributed by atoms with Crippen LogP contribution < -0.4 is 0 Å². The Morgan fingerprint density at radius 1 is 1.05 bits per heavy atom. The lowest BCUT2D eigenvalue weighted by molar-refractivity contribution is 0.132. The summed E-state index contributed by atoms with van der Waals surface area (Å²) in [5.74, 6) is 0. The van der Waals surface area contributed by atoms with E-state index in [0.29, 0.717) is 5.41 Å². The molecule has 0 saturated carbocycles. The molecular formula is C18H33N. The summed E-state index contributed by atoms with van der Waals surface area (Å²) in [6, 6.07) is 0. The monoisotopic (exact) mass is 263 g/mol. The molecule has 0 fully saturated rings. The highest BCUT2D eigenvalue weighted by molar-refractivity contribution is 5.70. The van der Waals surface area contributed by atoms with E-state index in [9.17, 15) is 0 Å². The molecule has 0 radical (unpaired) electrons. The molecule has 0 aromatic rings. The summed E-state index contributed by atoms with van der Waals surface area (Å²) in [6.45, 7) is 16.3. The van der Waals surface area contributed by atoms with Crippen LogP contribution in [-0.4, -0.2) is 6.21 Å². The Balaban J connectivity index is 2.99. The van der Waals surface area contributed by atoms with Gasteiger partial charge in [0.05, 0.1) is 0 Å². The Morgan fingerprint density at radius 3 is 1.89 bits per heavy atom. The van der Waals surface area contributed by atoms with E-state index in [1.165, 1.54) is 31.4 Å². The van der Waals surface area contributed by atoms with Gasteiger partial charge < -0.3 is 0 Å². The predicted octanol–water partition coefficient (Wildman–Crippen LogP) is 6.00. The van der Waals surface area contributed by atoms with Crippen LogP contribution in [0.4, 0.5) is 0 Å². The summed E-state index contributed by atoms with van der Waals surface area (Å²) in [4.78, 5) is 4.89. The van der Waals surface area contributed by atoms with Gasteiger partial charge in [-0.25, -0.2) is 0 Å². The Labute approximate surface area is 120 Å². The van der Waals surface area contributed by atoms with Gasteiger partial charge in [-0.1, -0.05) is 54.5 Å². The Morgan fingerprint density at radius 2 is 1.58 bits per heavy atom. The van der Waals surface area contributed by atoms with Gasteiger partial charge in [0.1, 0.15) is 0 Å². The Hall–Kier alpha value is -0.590. The predicted molar refractivity (Wildman–Crippen MR) is 86.7 cm³/mol. The highest BCUT2D eigenvalue weighted by Gasteiger charge is 2.42. The van der Waals surface area contributed by atoms with Gasteiger partial charge in [0.15, 0.2) is 0 Å². The quantitative estimate of drug-likeness (QED) is 0.557. The Kier molecular flexibility index (Phi) is 5.03. The van der Waals surface area contributed by atoms with Gasteiger partial charge in [-0.3, -0.25) is 4.99 Å². The van der Waals surface area contributed by atoms with Gasteiger partial charge in [-0.15, -0.1) is 0 Å². The van der Waals surface area contributed by atoms with E-state index in [1.807, 2.05) is 0 Å². The first-order valence-corrected chi connectivity index (χ1v) is 8.06. The first-order chi connectivity index (χ1) is 8.80. The van der Waals surface area contributed by atoms with Crippen LogP contribution in [0.1, 0.15) is 80.6 Å². The minimum Gasteiger partial charge on any atom is -0.265 e. The minimum absolute atomic E-state index is 0.211. The summed E-state index contributed by atoms with van der Waals surface area (Å²) >= 11 is 0. The third kappa shape index (κ3) is 2.80. The molecule has 19 heavy (non-hydrogen) atoms. The number of hydrogen-bond donors (Lipinski definition) is 0. The van der Waals surface area contributed by atoms with Crippen LogP contribution in [0.2, 0.25) is 0 Å². The van der Waals surface area contributed by atoms with Crippen molar-refractivity contribution in [1.82, 2.24) is 0 Å². The third-order valence-corrected chi connectivity index (χ3v) is 6.33. The maximum Gasteiger partial charge on any atom is 0.0419 e. The zero-order chi connectivity index (χ0) is 14.7. The molecule has 0 amide bonds. The molecule has 1 rings (SSSR count). The molecule has 1 nitrogen and oxygen atoms in total. The molecule has 1 aliphatic rings. The van der Waals surface area contributed by atoms with Gasteiger partial charge in [-0.2, -0.15) is 0 Å². The topological polar surface area (TPSA) is 12.4 Å². The maximum atomic E-state index is 4.89. The largest absolute Gasteiger partial charge is 0.265 e. The fourth-order valence-corrected chi connectivity index (χ4v) is 3.10. The molecule has 0 saturated heterocycles. The van der Waals surface area contributed by atoms with Crippen molar-refractivity contribution in [2.75, 3.05) is 0 Å². The third-order valence-electron chi connectivity index (χ3n) is 6.33. The molecule has 0 aromatic heterocycles. The van der Waals surface area contributed by atoms with Gasteiger partial charge in [0, 0.05) is 22.7 Å². The second-order valence-corrected chi connectivity index (χ2v) is 7.00. The van der Waals surface area contributed by atoms with E-state index in [1.54, 1.807) is 0 Å². The van der Waals surface area contributed by atoms with Crippen molar-refractivity contribution in [3.63, 3.8) is 0 Å². The number of hydrogen-bond acceptors (Lipinski definition) is 1. The van der Waals surface area contributed by atoms with Crippen molar-refractivity contribution in [2.24, 2.45) is 21.2 Å². The van der Waals surface area contributed by atoms with Crippen LogP contribution >= 0.6 is 0 Å². The van der Waals surface area contributed by atoms with E-state index in [-0.39, 0.29) is 10.8 Å². The van der Waals surface area contributed by atoms with Crippen LogP contribution in [0, 0.1) is 16.2 Å². The van der Waals surface area contributed by atoms with Gasteiger partial charge in [0.2, 0.25) is 0 Å². The average molecular weight is 263 g/mol. The molecule has 0 N–H and O–H groups in total. The van der Waals surface area contributed by atoms with Crippen molar-refractivity contribution < 1.29 is 0 Å². The molecule has 1 unspecified atom stereocenters. The molecule has 110 valence electrons. The van der Waals surface area contributed by atoms with Crippen LogP contribution in [-0.2, 0) is 0 Å².